The van der Waals surface area contributed by atoms with Crippen molar-refractivity contribution in [2.45, 2.75) is 52.1 Å². The summed E-state index contributed by atoms with van der Waals surface area (Å²) in [6, 6.07) is 0. The minimum atomic E-state index is -1.03. The Morgan fingerprint density at radius 2 is 1.82 bits per heavy atom. The van der Waals surface area contributed by atoms with Crippen LogP contribution in [0.5, 0.6) is 0 Å². The Kier molecular flexibility index (Phi) is 5.02. The molecule has 1 atom stereocenters. The molecule has 1 unspecified atom stereocenters. The standard InChI is InChI=1S/C9H22OSi/c1-6-7-8-10-9(2)11(3,4)5/h9H,6-8H2,1-5H3. The van der Waals surface area contributed by atoms with E-state index in [1.54, 1.807) is 0 Å². The zero-order valence-electron chi connectivity index (χ0n) is 8.61. The van der Waals surface area contributed by atoms with E-state index in [4.69, 9.17) is 4.74 Å². The van der Waals surface area contributed by atoms with Crippen molar-refractivity contribution < 1.29 is 4.74 Å². The summed E-state index contributed by atoms with van der Waals surface area (Å²) in [7, 11) is -1.03. The molecule has 0 N–H and O–H groups in total. The maximum Gasteiger partial charge on any atom is 0.0781 e. The molecule has 0 aliphatic carbocycles. The lowest BCUT2D eigenvalue weighted by atomic mass is 10.4. The molecule has 68 valence electrons. The van der Waals surface area contributed by atoms with Gasteiger partial charge in [-0.05, 0) is 13.3 Å². The van der Waals surface area contributed by atoms with Crippen molar-refractivity contribution in [2.75, 3.05) is 6.61 Å². The van der Waals surface area contributed by atoms with Crippen molar-refractivity contribution in [3.05, 3.63) is 0 Å². The van der Waals surface area contributed by atoms with Crippen LogP contribution < -0.4 is 0 Å². The molecule has 0 aliphatic rings. The Labute approximate surface area is 72.2 Å². The van der Waals surface area contributed by atoms with E-state index in [9.17, 15) is 0 Å². The summed E-state index contributed by atoms with van der Waals surface area (Å²) in [4.78, 5) is 0. The molecule has 0 aromatic rings. The molecule has 0 heterocycles. The normalized spacial score (nSPS) is 15.0. The summed E-state index contributed by atoms with van der Waals surface area (Å²) in [5, 5.41) is 0. The highest BCUT2D eigenvalue weighted by atomic mass is 28.3. The van der Waals surface area contributed by atoms with Gasteiger partial charge in [0.05, 0.1) is 8.07 Å². The maximum atomic E-state index is 5.71. The van der Waals surface area contributed by atoms with Crippen LogP contribution in [0.4, 0.5) is 0 Å². The van der Waals surface area contributed by atoms with Crippen molar-refractivity contribution in [1.82, 2.24) is 0 Å². The molecule has 0 aromatic heterocycles. The van der Waals surface area contributed by atoms with Gasteiger partial charge in [-0.2, -0.15) is 0 Å². The van der Waals surface area contributed by atoms with Crippen LogP contribution in [0.15, 0.2) is 0 Å². The summed E-state index contributed by atoms with van der Waals surface area (Å²) < 4.78 is 5.71. The zero-order chi connectivity index (χ0) is 8.91. The SMILES string of the molecule is CCCCOC(C)[Si](C)(C)C. The minimum Gasteiger partial charge on any atom is -0.382 e. The van der Waals surface area contributed by atoms with Crippen molar-refractivity contribution in [3.8, 4) is 0 Å². The Balaban J connectivity index is 3.44. The Morgan fingerprint density at radius 3 is 2.18 bits per heavy atom. The van der Waals surface area contributed by atoms with E-state index in [0.717, 1.165) is 6.61 Å². The van der Waals surface area contributed by atoms with Crippen molar-refractivity contribution >= 4 is 8.07 Å². The van der Waals surface area contributed by atoms with Gasteiger partial charge in [-0.1, -0.05) is 33.0 Å². The van der Waals surface area contributed by atoms with Gasteiger partial charge in [0, 0.05) is 12.3 Å². The second-order valence-electron chi connectivity index (χ2n) is 4.23. The highest BCUT2D eigenvalue weighted by Gasteiger charge is 2.22. The fourth-order valence-corrected chi connectivity index (χ4v) is 1.27. The first kappa shape index (κ1) is 11.2. The van der Waals surface area contributed by atoms with Gasteiger partial charge < -0.3 is 4.74 Å². The number of hydrogen-bond donors (Lipinski definition) is 0. The lowest BCUT2D eigenvalue weighted by Crippen LogP contribution is -2.38. The predicted molar refractivity (Wildman–Crippen MR) is 53.7 cm³/mol. The predicted octanol–water partition coefficient (Wildman–Crippen LogP) is 3.07. The molecule has 0 rings (SSSR count). The lowest BCUT2D eigenvalue weighted by molar-refractivity contribution is 0.109. The van der Waals surface area contributed by atoms with Crippen LogP contribution in [0.3, 0.4) is 0 Å². The van der Waals surface area contributed by atoms with E-state index in [2.05, 4.69) is 33.5 Å². The molecule has 1 nitrogen and oxygen atoms in total. The summed E-state index contributed by atoms with van der Waals surface area (Å²) in [6.07, 6.45) is 2.44. The van der Waals surface area contributed by atoms with Crippen LogP contribution in [0.2, 0.25) is 19.6 Å². The fraction of sp³-hybridized carbons (Fsp3) is 1.00. The summed E-state index contributed by atoms with van der Waals surface area (Å²) >= 11 is 0. The third-order valence-corrected chi connectivity index (χ3v) is 4.69. The third kappa shape index (κ3) is 5.45. The largest absolute Gasteiger partial charge is 0.382 e. The third-order valence-electron chi connectivity index (χ3n) is 2.09. The molecule has 11 heavy (non-hydrogen) atoms. The first-order chi connectivity index (χ1) is 4.98. The second kappa shape index (κ2) is 4.94. The van der Waals surface area contributed by atoms with Gasteiger partial charge in [-0.15, -0.1) is 0 Å². The molecule has 0 saturated heterocycles. The summed E-state index contributed by atoms with van der Waals surface area (Å²) in [5.74, 6) is 0. The van der Waals surface area contributed by atoms with E-state index >= 15 is 0 Å². The van der Waals surface area contributed by atoms with E-state index in [1.807, 2.05) is 0 Å². The molecule has 0 aliphatic heterocycles. The van der Waals surface area contributed by atoms with E-state index in [0.29, 0.717) is 5.73 Å². The van der Waals surface area contributed by atoms with Crippen molar-refractivity contribution in [2.24, 2.45) is 0 Å². The highest BCUT2D eigenvalue weighted by Crippen LogP contribution is 2.10. The Morgan fingerprint density at radius 1 is 1.27 bits per heavy atom. The zero-order valence-corrected chi connectivity index (χ0v) is 9.61. The first-order valence-electron chi connectivity index (χ1n) is 4.60. The van der Waals surface area contributed by atoms with E-state index in [-0.39, 0.29) is 0 Å². The van der Waals surface area contributed by atoms with Gasteiger partial charge >= 0.3 is 0 Å². The van der Waals surface area contributed by atoms with Crippen LogP contribution in [0.25, 0.3) is 0 Å². The molecule has 0 saturated carbocycles. The maximum absolute atomic E-state index is 5.71. The highest BCUT2D eigenvalue weighted by molar-refractivity contribution is 6.77. The van der Waals surface area contributed by atoms with Crippen molar-refractivity contribution in [3.63, 3.8) is 0 Å². The Bertz CT molecular complexity index is 96.2. The van der Waals surface area contributed by atoms with Gasteiger partial charge in [0.2, 0.25) is 0 Å². The molecule has 0 spiro atoms. The second-order valence-corrected chi connectivity index (χ2v) is 9.78. The molecule has 0 amide bonds. The van der Waals surface area contributed by atoms with Crippen LogP contribution in [-0.4, -0.2) is 20.4 Å². The van der Waals surface area contributed by atoms with Crippen LogP contribution in [-0.2, 0) is 4.74 Å². The fourth-order valence-electron chi connectivity index (χ4n) is 0.654. The topological polar surface area (TPSA) is 9.23 Å². The van der Waals surface area contributed by atoms with Gasteiger partial charge in [-0.25, -0.2) is 0 Å². The molecule has 0 radical (unpaired) electrons. The van der Waals surface area contributed by atoms with Gasteiger partial charge in [0.25, 0.3) is 0 Å². The summed E-state index contributed by atoms with van der Waals surface area (Å²) in [6.45, 7) is 12.4. The smallest absolute Gasteiger partial charge is 0.0781 e. The molecule has 0 fully saturated rings. The quantitative estimate of drug-likeness (QED) is 0.460. The van der Waals surface area contributed by atoms with E-state index in [1.165, 1.54) is 12.8 Å². The minimum absolute atomic E-state index is 0.508. The average Bonchev–Trinajstić information content (AvgIpc) is 1.86. The Hall–Kier alpha value is 0.177. The van der Waals surface area contributed by atoms with Gasteiger partial charge in [0.15, 0.2) is 0 Å². The van der Waals surface area contributed by atoms with Gasteiger partial charge in [0.1, 0.15) is 0 Å². The number of ether oxygens (including phenoxy) is 1. The molecular weight excluding hydrogens is 152 g/mol. The average molecular weight is 174 g/mol. The summed E-state index contributed by atoms with van der Waals surface area (Å²) in [5.41, 5.74) is 0.508. The molecule has 0 aromatic carbocycles. The molecular formula is C9H22OSi. The van der Waals surface area contributed by atoms with Crippen LogP contribution in [0, 0.1) is 0 Å². The number of unbranched alkanes of at least 4 members (excludes halogenated alkanes) is 1. The number of hydrogen-bond acceptors (Lipinski definition) is 1. The molecule has 0 bridgehead atoms. The lowest BCUT2D eigenvalue weighted by Gasteiger charge is -2.25. The molecule has 2 heteroatoms. The van der Waals surface area contributed by atoms with Crippen molar-refractivity contribution in [1.29, 1.82) is 0 Å². The monoisotopic (exact) mass is 174 g/mol. The number of rotatable bonds is 5. The van der Waals surface area contributed by atoms with Gasteiger partial charge in [-0.3, -0.25) is 0 Å². The van der Waals surface area contributed by atoms with Crippen LogP contribution in [0.1, 0.15) is 26.7 Å². The van der Waals surface area contributed by atoms with Crippen LogP contribution >= 0.6 is 0 Å². The first-order valence-corrected chi connectivity index (χ1v) is 8.17. The van der Waals surface area contributed by atoms with E-state index < -0.39 is 8.07 Å².